The number of aromatic nitrogens is 2. The van der Waals surface area contributed by atoms with Gasteiger partial charge in [0.1, 0.15) is 5.82 Å². The Kier molecular flexibility index (Phi) is 6.98. The Morgan fingerprint density at radius 2 is 2.04 bits per heavy atom. The number of aliphatic imine (C=N–C) groups is 1. The molecule has 7 heteroatoms. The van der Waals surface area contributed by atoms with Gasteiger partial charge in [-0.05, 0) is 38.0 Å². The summed E-state index contributed by atoms with van der Waals surface area (Å²) in [6, 6.07) is 8.08. The number of aryl methyl sites for hydroxylation is 2. The molecule has 1 N–H and O–H groups in total. The van der Waals surface area contributed by atoms with E-state index in [0.29, 0.717) is 0 Å². The number of rotatable bonds is 6. The van der Waals surface area contributed by atoms with E-state index >= 15 is 0 Å². The zero-order valence-corrected chi connectivity index (χ0v) is 17.0. The SMILES string of the molecule is CN=C(NCCCCn1ccnc1C)N1CCN(c2cccc(Cl)c2)CC1. The van der Waals surface area contributed by atoms with Gasteiger partial charge in [-0.15, -0.1) is 0 Å². The predicted octanol–water partition coefficient (Wildman–Crippen LogP) is 3.02. The minimum atomic E-state index is 0.790. The molecule has 1 aliphatic rings. The Hall–Kier alpha value is -2.21. The van der Waals surface area contributed by atoms with Crippen LogP contribution in [0.15, 0.2) is 41.7 Å². The molecule has 27 heavy (non-hydrogen) atoms. The van der Waals surface area contributed by atoms with Crippen LogP contribution in [0.4, 0.5) is 5.69 Å². The minimum absolute atomic E-state index is 0.790. The lowest BCUT2D eigenvalue weighted by atomic mass is 10.2. The summed E-state index contributed by atoms with van der Waals surface area (Å²) in [5, 5.41) is 4.30. The summed E-state index contributed by atoms with van der Waals surface area (Å²) >= 11 is 6.12. The van der Waals surface area contributed by atoms with Crippen molar-refractivity contribution in [1.82, 2.24) is 19.8 Å². The first-order chi connectivity index (χ1) is 13.2. The Morgan fingerprint density at radius 1 is 1.22 bits per heavy atom. The Morgan fingerprint density at radius 3 is 2.70 bits per heavy atom. The van der Waals surface area contributed by atoms with Crippen LogP contribution in [0.3, 0.4) is 0 Å². The van der Waals surface area contributed by atoms with Crippen molar-refractivity contribution in [3.63, 3.8) is 0 Å². The molecule has 1 saturated heterocycles. The molecule has 1 aliphatic heterocycles. The molecule has 146 valence electrons. The third-order valence-electron chi connectivity index (χ3n) is 5.00. The van der Waals surface area contributed by atoms with Crippen molar-refractivity contribution in [2.24, 2.45) is 4.99 Å². The Bertz CT molecular complexity index is 748. The van der Waals surface area contributed by atoms with Crippen LogP contribution in [0.2, 0.25) is 5.02 Å². The van der Waals surface area contributed by atoms with Crippen LogP contribution in [-0.2, 0) is 6.54 Å². The van der Waals surface area contributed by atoms with Crippen LogP contribution in [0, 0.1) is 6.92 Å². The van der Waals surface area contributed by atoms with Gasteiger partial charge in [0.2, 0.25) is 0 Å². The molecule has 1 fully saturated rings. The molecule has 0 saturated carbocycles. The fourth-order valence-electron chi connectivity index (χ4n) is 3.43. The summed E-state index contributed by atoms with van der Waals surface area (Å²) in [6.45, 7) is 7.87. The smallest absolute Gasteiger partial charge is 0.193 e. The first kappa shape index (κ1) is 19.5. The second-order valence-electron chi connectivity index (χ2n) is 6.80. The molecule has 1 aromatic carbocycles. The highest BCUT2D eigenvalue weighted by Gasteiger charge is 2.19. The molecule has 0 radical (unpaired) electrons. The number of imidazole rings is 1. The molecule has 0 atom stereocenters. The fraction of sp³-hybridized carbons (Fsp3) is 0.500. The lowest BCUT2D eigenvalue weighted by Crippen LogP contribution is -2.52. The predicted molar refractivity (Wildman–Crippen MR) is 113 cm³/mol. The topological polar surface area (TPSA) is 48.7 Å². The summed E-state index contributed by atoms with van der Waals surface area (Å²) in [5.74, 6) is 2.08. The maximum Gasteiger partial charge on any atom is 0.193 e. The van der Waals surface area contributed by atoms with Gasteiger partial charge in [0, 0.05) is 69.4 Å². The van der Waals surface area contributed by atoms with Crippen molar-refractivity contribution in [2.45, 2.75) is 26.3 Å². The van der Waals surface area contributed by atoms with E-state index in [1.54, 1.807) is 0 Å². The third-order valence-corrected chi connectivity index (χ3v) is 5.23. The number of nitrogens with one attached hydrogen (secondary N) is 1. The van der Waals surface area contributed by atoms with Gasteiger partial charge in [0.15, 0.2) is 5.96 Å². The number of hydrogen-bond acceptors (Lipinski definition) is 3. The van der Waals surface area contributed by atoms with E-state index in [1.807, 2.05) is 44.6 Å². The minimum Gasteiger partial charge on any atom is -0.368 e. The molecule has 3 rings (SSSR count). The fourth-order valence-corrected chi connectivity index (χ4v) is 3.61. The van der Waals surface area contributed by atoms with E-state index in [2.05, 4.69) is 35.7 Å². The second kappa shape index (κ2) is 9.65. The highest BCUT2D eigenvalue weighted by Crippen LogP contribution is 2.20. The van der Waals surface area contributed by atoms with Crippen molar-refractivity contribution >= 4 is 23.2 Å². The number of piperazine rings is 1. The zero-order valence-electron chi connectivity index (χ0n) is 16.2. The van der Waals surface area contributed by atoms with Crippen LogP contribution < -0.4 is 10.2 Å². The number of halogens is 1. The number of benzene rings is 1. The van der Waals surface area contributed by atoms with E-state index in [-0.39, 0.29) is 0 Å². The molecule has 2 heterocycles. The van der Waals surface area contributed by atoms with Gasteiger partial charge in [-0.1, -0.05) is 17.7 Å². The lowest BCUT2D eigenvalue weighted by Gasteiger charge is -2.37. The van der Waals surface area contributed by atoms with E-state index in [9.17, 15) is 0 Å². The van der Waals surface area contributed by atoms with E-state index in [4.69, 9.17) is 11.6 Å². The van der Waals surface area contributed by atoms with Crippen LogP contribution in [0.1, 0.15) is 18.7 Å². The largest absolute Gasteiger partial charge is 0.368 e. The van der Waals surface area contributed by atoms with Crippen molar-refractivity contribution in [3.05, 3.63) is 47.5 Å². The summed E-state index contributed by atoms with van der Waals surface area (Å²) in [7, 11) is 1.86. The number of unbranched alkanes of at least 4 members (excludes halogenated alkanes) is 1. The third kappa shape index (κ3) is 5.39. The van der Waals surface area contributed by atoms with Crippen LogP contribution >= 0.6 is 11.6 Å². The van der Waals surface area contributed by atoms with Crippen molar-refractivity contribution < 1.29 is 0 Å². The molecule has 6 nitrogen and oxygen atoms in total. The summed E-state index contributed by atoms with van der Waals surface area (Å²) in [6.07, 6.45) is 6.14. The van der Waals surface area contributed by atoms with Crippen molar-refractivity contribution in [3.8, 4) is 0 Å². The van der Waals surface area contributed by atoms with Gasteiger partial charge in [-0.3, -0.25) is 4.99 Å². The van der Waals surface area contributed by atoms with E-state index in [0.717, 1.165) is 68.9 Å². The van der Waals surface area contributed by atoms with Gasteiger partial charge in [-0.25, -0.2) is 4.98 Å². The molecule has 2 aromatic rings. The van der Waals surface area contributed by atoms with E-state index in [1.165, 1.54) is 5.69 Å². The van der Waals surface area contributed by atoms with Crippen LogP contribution in [0.5, 0.6) is 0 Å². The number of guanidine groups is 1. The highest BCUT2D eigenvalue weighted by molar-refractivity contribution is 6.30. The Labute approximate surface area is 166 Å². The maximum atomic E-state index is 6.12. The molecule has 0 bridgehead atoms. The molecule has 1 aromatic heterocycles. The molecule has 0 aliphatic carbocycles. The first-order valence-corrected chi connectivity index (χ1v) is 9.99. The van der Waals surface area contributed by atoms with Gasteiger partial charge < -0.3 is 19.7 Å². The maximum absolute atomic E-state index is 6.12. The average Bonchev–Trinajstić information content (AvgIpc) is 3.10. The zero-order chi connectivity index (χ0) is 19.1. The van der Waals surface area contributed by atoms with Crippen LogP contribution in [-0.4, -0.2) is 60.2 Å². The monoisotopic (exact) mass is 388 g/mol. The highest BCUT2D eigenvalue weighted by atomic mass is 35.5. The lowest BCUT2D eigenvalue weighted by molar-refractivity contribution is 0.372. The molecule has 0 unspecified atom stereocenters. The summed E-state index contributed by atoms with van der Waals surface area (Å²) in [5.41, 5.74) is 1.19. The number of hydrogen-bond donors (Lipinski definition) is 1. The quantitative estimate of drug-likeness (QED) is 0.469. The van der Waals surface area contributed by atoms with Gasteiger partial charge in [0.25, 0.3) is 0 Å². The number of anilines is 1. The van der Waals surface area contributed by atoms with Crippen LogP contribution in [0.25, 0.3) is 0 Å². The standard InChI is InChI=1S/C20H29ClN6/c1-17-23-9-11-25(17)10-4-3-8-24-20(22-2)27-14-12-26(13-15-27)19-7-5-6-18(21)16-19/h5-7,9,11,16H,3-4,8,10,12-15H2,1-2H3,(H,22,24). The second-order valence-corrected chi connectivity index (χ2v) is 7.24. The normalized spacial score (nSPS) is 15.3. The molecular weight excluding hydrogens is 360 g/mol. The number of nitrogens with zero attached hydrogens (tertiary/aromatic N) is 5. The summed E-state index contributed by atoms with van der Waals surface area (Å²) < 4.78 is 2.20. The van der Waals surface area contributed by atoms with Gasteiger partial charge in [-0.2, -0.15) is 0 Å². The van der Waals surface area contributed by atoms with Crippen molar-refractivity contribution in [2.75, 3.05) is 44.7 Å². The summed E-state index contributed by atoms with van der Waals surface area (Å²) in [4.78, 5) is 13.4. The molecule has 0 amide bonds. The van der Waals surface area contributed by atoms with Crippen molar-refractivity contribution in [1.29, 1.82) is 0 Å². The van der Waals surface area contributed by atoms with Gasteiger partial charge in [0.05, 0.1) is 0 Å². The molecule has 0 spiro atoms. The molecular formula is C20H29ClN6. The van der Waals surface area contributed by atoms with Gasteiger partial charge >= 0.3 is 0 Å². The average molecular weight is 389 g/mol. The Balaban J connectivity index is 1.39. The first-order valence-electron chi connectivity index (χ1n) is 9.61. The van der Waals surface area contributed by atoms with E-state index < -0.39 is 0 Å².